The van der Waals surface area contributed by atoms with E-state index in [0.29, 0.717) is 19.4 Å². The number of aliphatic carboxylic acids is 1. The molecule has 2 rings (SSSR count). The second-order valence-electron chi connectivity index (χ2n) is 5.00. The van der Waals surface area contributed by atoms with E-state index in [-0.39, 0.29) is 0 Å². The van der Waals surface area contributed by atoms with Gasteiger partial charge in [0.15, 0.2) is 0 Å². The van der Waals surface area contributed by atoms with Crippen molar-refractivity contribution < 1.29 is 9.90 Å². The Balaban J connectivity index is 1.89. The van der Waals surface area contributed by atoms with Crippen LogP contribution in [0.2, 0.25) is 0 Å². The molecule has 0 bridgehead atoms. The number of thiocarbonyl (C=S) groups is 1. The SMILES string of the molecule is O=C(O)C(CCc1ccc(N=C=S)cc1)NCc1ccccn1. The van der Waals surface area contributed by atoms with E-state index in [9.17, 15) is 9.90 Å². The van der Waals surface area contributed by atoms with Crippen molar-refractivity contribution in [2.45, 2.75) is 25.4 Å². The van der Waals surface area contributed by atoms with Crippen LogP contribution >= 0.6 is 12.2 Å². The zero-order chi connectivity index (χ0) is 16.5. The van der Waals surface area contributed by atoms with E-state index in [1.54, 1.807) is 6.20 Å². The summed E-state index contributed by atoms with van der Waals surface area (Å²) in [5, 5.41) is 14.7. The number of carbonyl (C=O) groups is 1. The van der Waals surface area contributed by atoms with E-state index in [1.807, 2.05) is 42.5 Å². The smallest absolute Gasteiger partial charge is 0.320 e. The van der Waals surface area contributed by atoms with Crippen LogP contribution in [0.15, 0.2) is 53.7 Å². The van der Waals surface area contributed by atoms with Crippen LogP contribution in [0.25, 0.3) is 0 Å². The number of pyridine rings is 1. The normalized spacial score (nSPS) is 11.5. The van der Waals surface area contributed by atoms with Crippen LogP contribution in [-0.4, -0.2) is 27.3 Å². The zero-order valence-corrected chi connectivity index (χ0v) is 13.3. The molecule has 0 saturated heterocycles. The van der Waals surface area contributed by atoms with Gasteiger partial charge in [-0.25, -0.2) is 0 Å². The number of rotatable bonds is 8. The summed E-state index contributed by atoms with van der Waals surface area (Å²) >= 11 is 4.56. The van der Waals surface area contributed by atoms with Crippen molar-refractivity contribution in [3.63, 3.8) is 0 Å². The molecule has 2 N–H and O–H groups in total. The lowest BCUT2D eigenvalue weighted by atomic mass is 10.0. The van der Waals surface area contributed by atoms with Crippen LogP contribution in [0.3, 0.4) is 0 Å². The topological polar surface area (TPSA) is 74.6 Å². The molecule has 0 spiro atoms. The van der Waals surface area contributed by atoms with Crippen molar-refractivity contribution in [1.82, 2.24) is 10.3 Å². The minimum absolute atomic E-state index is 0.431. The fraction of sp³-hybridized carbons (Fsp3) is 0.235. The minimum Gasteiger partial charge on any atom is -0.480 e. The molecule has 1 aromatic carbocycles. The number of carboxylic acids is 1. The minimum atomic E-state index is -0.858. The molecule has 6 heteroatoms. The monoisotopic (exact) mass is 327 g/mol. The number of aromatic nitrogens is 1. The maximum atomic E-state index is 11.4. The molecule has 0 aliphatic carbocycles. The predicted molar refractivity (Wildman–Crippen MR) is 91.9 cm³/mol. The molecule has 0 fully saturated rings. The number of benzene rings is 1. The number of aryl methyl sites for hydroxylation is 1. The second kappa shape index (κ2) is 8.90. The first-order valence-electron chi connectivity index (χ1n) is 7.22. The summed E-state index contributed by atoms with van der Waals surface area (Å²) in [6.07, 6.45) is 2.85. The maximum absolute atomic E-state index is 11.4. The number of hydrogen-bond acceptors (Lipinski definition) is 5. The fourth-order valence-electron chi connectivity index (χ4n) is 2.14. The van der Waals surface area contributed by atoms with Gasteiger partial charge < -0.3 is 5.11 Å². The molecule has 5 nitrogen and oxygen atoms in total. The van der Waals surface area contributed by atoms with Gasteiger partial charge in [0.05, 0.1) is 16.5 Å². The summed E-state index contributed by atoms with van der Waals surface area (Å²) in [4.78, 5) is 19.4. The lowest BCUT2D eigenvalue weighted by molar-refractivity contribution is -0.139. The summed E-state index contributed by atoms with van der Waals surface area (Å²) in [5.41, 5.74) is 2.62. The number of hydrogen-bond donors (Lipinski definition) is 2. The average molecular weight is 327 g/mol. The third kappa shape index (κ3) is 5.71. The highest BCUT2D eigenvalue weighted by Gasteiger charge is 2.16. The molecular formula is C17H17N3O2S. The highest BCUT2D eigenvalue weighted by Crippen LogP contribution is 2.14. The molecular weight excluding hydrogens is 310 g/mol. The fourth-order valence-corrected chi connectivity index (χ4v) is 2.25. The van der Waals surface area contributed by atoms with Gasteiger partial charge in [0, 0.05) is 12.7 Å². The molecule has 0 amide bonds. The highest BCUT2D eigenvalue weighted by molar-refractivity contribution is 7.78. The molecule has 1 atom stereocenters. The molecule has 1 aromatic heterocycles. The van der Waals surface area contributed by atoms with E-state index in [2.05, 4.69) is 32.7 Å². The first kappa shape index (κ1) is 17.0. The Morgan fingerprint density at radius 3 is 2.70 bits per heavy atom. The molecule has 2 aromatic rings. The van der Waals surface area contributed by atoms with Crippen LogP contribution < -0.4 is 5.32 Å². The van der Waals surface area contributed by atoms with Crippen LogP contribution in [-0.2, 0) is 17.8 Å². The largest absolute Gasteiger partial charge is 0.480 e. The molecule has 0 saturated carbocycles. The Morgan fingerprint density at radius 1 is 1.30 bits per heavy atom. The van der Waals surface area contributed by atoms with Crippen molar-refractivity contribution in [2.24, 2.45) is 4.99 Å². The Labute approximate surface area is 140 Å². The third-order valence-electron chi connectivity index (χ3n) is 3.39. The first-order chi connectivity index (χ1) is 11.2. The molecule has 1 unspecified atom stereocenters. The van der Waals surface area contributed by atoms with E-state index >= 15 is 0 Å². The number of nitrogens with one attached hydrogen (secondary N) is 1. The quantitative estimate of drug-likeness (QED) is 0.576. The van der Waals surface area contributed by atoms with Crippen molar-refractivity contribution in [2.75, 3.05) is 0 Å². The van der Waals surface area contributed by atoms with E-state index in [1.165, 1.54) is 0 Å². The van der Waals surface area contributed by atoms with Gasteiger partial charge in [0.1, 0.15) is 6.04 Å². The van der Waals surface area contributed by atoms with Crippen LogP contribution in [0.1, 0.15) is 17.7 Å². The van der Waals surface area contributed by atoms with Crippen molar-refractivity contribution in [3.8, 4) is 0 Å². The molecule has 118 valence electrons. The summed E-state index contributed by atoms with van der Waals surface area (Å²) < 4.78 is 0. The number of carboxylic acid groups (broad SMARTS) is 1. The molecule has 23 heavy (non-hydrogen) atoms. The van der Waals surface area contributed by atoms with Gasteiger partial charge in [-0.15, -0.1) is 0 Å². The summed E-state index contributed by atoms with van der Waals surface area (Å²) in [6, 6.07) is 12.5. The summed E-state index contributed by atoms with van der Waals surface area (Å²) in [5.74, 6) is -0.858. The third-order valence-corrected chi connectivity index (χ3v) is 3.48. The van der Waals surface area contributed by atoms with Crippen LogP contribution in [0.4, 0.5) is 5.69 Å². The Hall–Kier alpha value is -2.40. The number of aliphatic imine (C=N–C) groups is 1. The lowest BCUT2D eigenvalue weighted by Gasteiger charge is -2.14. The second-order valence-corrected chi connectivity index (χ2v) is 5.18. The zero-order valence-electron chi connectivity index (χ0n) is 12.5. The number of isothiocyanates is 1. The molecule has 0 radical (unpaired) electrons. The average Bonchev–Trinajstić information content (AvgIpc) is 2.57. The van der Waals surface area contributed by atoms with Crippen LogP contribution in [0, 0.1) is 0 Å². The standard InChI is InChI=1S/C17H17N3O2S/c21-17(22)16(19-11-15-3-1-2-10-18-15)9-6-13-4-7-14(8-5-13)20-12-23/h1-5,7-8,10,16,19H,6,9,11H2,(H,21,22). The Bertz CT molecular complexity index is 683. The van der Waals surface area contributed by atoms with Gasteiger partial charge in [-0.1, -0.05) is 18.2 Å². The summed E-state index contributed by atoms with van der Waals surface area (Å²) in [6.45, 7) is 0.431. The van der Waals surface area contributed by atoms with Crippen molar-refractivity contribution in [1.29, 1.82) is 0 Å². The van der Waals surface area contributed by atoms with Crippen molar-refractivity contribution >= 4 is 29.0 Å². The maximum Gasteiger partial charge on any atom is 0.320 e. The van der Waals surface area contributed by atoms with Crippen molar-refractivity contribution in [3.05, 3.63) is 59.9 Å². The van der Waals surface area contributed by atoms with E-state index in [0.717, 1.165) is 16.9 Å². The van der Waals surface area contributed by atoms with Gasteiger partial charge in [-0.3, -0.25) is 15.1 Å². The van der Waals surface area contributed by atoms with E-state index in [4.69, 9.17) is 0 Å². The van der Waals surface area contributed by atoms with E-state index < -0.39 is 12.0 Å². The van der Waals surface area contributed by atoms with Gasteiger partial charge in [0.2, 0.25) is 0 Å². The van der Waals surface area contributed by atoms with Crippen LogP contribution in [0.5, 0.6) is 0 Å². The Morgan fingerprint density at radius 2 is 2.09 bits per heavy atom. The summed E-state index contributed by atoms with van der Waals surface area (Å²) in [7, 11) is 0. The molecule has 0 aliphatic rings. The number of nitrogens with zero attached hydrogens (tertiary/aromatic N) is 2. The van der Waals surface area contributed by atoms with Gasteiger partial charge in [0.25, 0.3) is 0 Å². The van der Waals surface area contributed by atoms with Gasteiger partial charge in [-0.2, -0.15) is 4.99 Å². The predicted octanol–water partition coefficient (Wildman–Crippen LogP) is 2.99. The molecule has 0 aliphatic heterocycles. The van der Waals surface area contributed by atoms with Gasteiger partial charge >= 0.3 is 5.97 Å². The molecule has 1 heterocycles. The van der Waals surface area contributed by atoms with Gasteiger partial charge in [-0.05, 0) is 54.9 Å². The Kier molecular flexibility index (Phi) is 6.56. The highest BCUT2D eigenvalue weighted by atomic mass is 32.1. The lowest BCUT2D eigenvalue weighted by Crippen LogP contribution is -2.36. The first-order valence-corrected chi connectivity index (χ1v) is 7.63.